The lowest BCUT2D eigenvalue weighted by Gasteiger charge is -2.12. The molecule has 0 fully saturated rings. The van der Waals surface area contributed by atoms with Crippen molar-refractivity contribution < 1.29 is 4.79 Å². The average molecular weight is 348 g/mol. The van der Waals surface area contributed by atoms with E-state index in [1.807, 2.05) is 51.1 Å². The Hall–Kier alpha value is -2.95. The molecule has 0 saturated heterocycles. The van der Waals surface area contributed by atoms with Gasteiger partial charge in [-0.3, -0.25) is 4.79 Å². The molecule has 0 saturated carbocycles. The number of aryl methyl sites for hydroxylation is 3. The molecule has 0 aliphatic carbocycles. The third-order valence-corrected chi connectivity index (χ3v) is 4.50. The number of nitrogens with zero attached hydrogens (tertiary/aromatic N) is 3. The van der Waals surface area contributed by atoms with Gasteiger partial charge in [-0.05, 0) is 43.9 Å². The van der Waals surface area contributed by atoms with E-state index in [4.69, 9.17) is 0 Å². The molecular formula is C21H24N4O. The van der Waals surface area contributed by atoms with Crippen LogP contribution in [-0.4, -0.2) is 27.4 Å². The van der Waals surface area contributed by atoms with Crippen molar-refractivity contribution in [2.45, 2.75) is 33.6 Å². The van der Waals surface area contributed by atoms with Gasteiger partial charge in [-0.2, -0.15) is 9.90 Å². The zero-order chi connectivity index (χ0) is 18.7. The highest BCUT2D eigenvalue weighted by Crippen LogP contribution is 2.16. The number of rotatable bonds is 5. The van der Waals surface area contributed by atoms with E-state index in [1.165, 1.54) is 11.1 Å². The van der Waals surface area contributed by atoms with E-state index >= 15 is 0 Å². The second-order valence-electron chi connectivity index (χ2n) is 6.74. The quantitative estimate of drug-likeness (QED) is 0.764. The molecule has 1 aromatic heterocycles. The summed E-state index contributed by atoms with van der Waals surface area (Å²) in [7, 11) is 0. The van der Waals surface area contributed by atoms with Gasteiger partial charge in [-0.15, -0.1) is 5.10 Å². The summed E-state index contributed by atoms with van der Waals surface area (Å²) in [6.45, 7) is 8.52. The summed E-state index contributed by atoms with van der Waals surface area (Å²) >= 11 is 0. The normalized spacial score (nSPS) is 12.0. The van der Waals surface area contributed by atoms with Crippen LogP contribution in [0.5, 0.6) is 0 Å². The first-order chi connectivity index (χ1) is 12.5. The molecule has 0 unspecified atom stereocenters. The molecule has 3 rings (SSSR count). The summed E-state index contributed by atoms with van der Waals surface area (Å²) in [6, 6.07) is 16.2. The van der Waals surface area contributed by atoms with Gasteiger partial charge in [-0.25, -0.2) is 0 Å². The fourth-order valence-electron chi connectivity index (χ4n) is 2.96. The third-order valence-electron chi connectivity index (χ3n) is 4.50. The monoisotopic (exact) mass is 348 g/mol. The molecule has 3 aromatic rings. The van der Waals surface area contributed by atoms with Gasteiger partial charge < -0.3 is 5.32 Å². The highest BCUT2D eigenvalue weighted by molar-refractivity contribution is 5.93. The van der Waals surface area contributed by atoms with Crippen molar-refractivity contribution in [1.29, 1.82) is 0 Å². The zero-order valence-corrected chi connectivity index (χ0v) is 15.7. The van der Waals surface area contributed by atoms with Crippen molar-refractivity contribution in [2.75, 3.05) is 6.54 Å². The highest BCUT2D eigenvalue weighted by atomic mass is 16.2. The molecule has 0 aliphatic rings. The van der Waals surface area contributed by atoms with Gasteiger partial charge in [0.1, 0.15) is 0 Å². The van der Waals surface area contributed by atoms with Crippen LogP contribution >= 0.6 is 0 Å². The van der Waals surface area contributed by atoms with Crippen LogP contribution in [0.4, 0.5) is 0 Å². The van der Waals surface area contributed by atoms with Crippen molar-refractivity contribution >= 4 is 5.91 Å². The topological polar surface area (TPSA) is 59.8 Å². The van der Waals surface area contributed by atoms with E-state index in [9.17, 15) is 4.79 Å². The summed E-state index contributed by atoms with van der Waals surface area (Å²) in [5, 5.41) is 11.8. The van der Waals surface area contributed by atoms with Crippen molar-refractivity contribution in [3.8, 4) is 5.69 Å². The van der Waals surface area contributed by atoms with Crippen molar-refractivity contribution in [2.24, 2.45) is 0 Å². The molecule has 5 heteroatoms. The van der Waals surface area contributed by atoms with Crippen LogP contribution in [0.3, 0.4) is 0 Å². The highest BCUT2D eigenvalue weighted by Gasteiger charge is 2.18. The second kappa shape index (κ2) is 7.52. The minimum absolute atomic E-state index is 0.193. The number of carbonyl (C=O) groups excluding carboxylic acids is 1. The maximum Gasteiger partial charge on any atom is 0.273 e. The molecule has 0 bridgehead atoms. The SMILES string of the molecule is Cc1ccc(-n2nc(C)c(C(=O)NC[C@H](C)c3ccccc3)n2)c(C)c1. The van der Waals surface area contributed by atoms with E-state index in [0.29, 0.717) is 17.9 Å². The van der Waals surface area contributed by atoms with Gasteiger partial charge in [-0.1, -0.05) is 55.0 Å². The number of carbonyl (C=O) groups is 1. The summed E-state index contributed by atoms with van der Waals surface area (Å²) in [5.74, 6) is 0.0381. The molecule has 2 aromatic carbocycles. The molecule has 0 radical (unpaired) electrons. The van der Waals surface area contributed by atoms with Gasteiger partial charge in [0.2, 0.25) is 0 Å². The number of benzene rings is 2. The van der Waals surface area contributed by atoms with Crippen molar-refractivity contribution in [1.82, 2.24) is 20.3 Å². The Morgan fingerprint density at radius 3 is 2.50 bits per heavy atom. The fraction of sp³-hybridized carbons (Fsp3) is 0.286. The van der Waals surface area contributed by atoms with E-state index in [2.05, 4.69) is 40.6 Å². The molecule has 1 atom stereocenters. The molecule has 0 aliphatic heterocycles. The zero-order valence-electron chi connectivity index (χ0n) is 15.7. The molecule has 26 heavy (non-hydrogen) atoms. The molecule has 1 N–H and O–H groups in total. The second-order valence-corrected chi connectivity index (χ2v) is 6.74. The van der Waals surface area contributed by atoms with Crippen LogP contribution in [0.25, 0.3) is 5.69 Å². The first kappa shape index (κ1) is 17.9. The fourth-order valence-corrected chi connectivity index (χ4v) is 2.96. The maximum absolute atomic E-state index is 12.6. The Morgan fingerprint density at radius 1 is 1.08 bits per heavy atom. The van der Waals surface area contributed by atoms with E-state index in [0.717, 1.165) is 11.3 Å². The Kier molecular flexibility index (Phi) is 5.16. The van der Waals surface area contributed by atoms with Crippen LogP contribution in [-0.2, 0) is 0 Å². The lowest BCUT2D eigenvalue weighted by Crippen LogP contribution is -2.28. The molecule has 5 nitrogen and oxygen atoms in total. The number of hydrogen-bond acceptors (Lipinski definition) is 3. The van der Waals surface area contributed by atoms with E-state index < -0.39 is 0 Å². The van der Waals surface area contributed by atoms with Crippen LogP contribution in [0.2, 0.25) is 0 Å². The first-order valence-electron chi connectivity index (χ1n) is 8.80. The number of amides is 1. The average Bonchev–Trinajstić information content (AvgIpc) is 3.01. The van der Waals surface area contributed by atoms with Crippen molar-refractivity contribution in [3.63, 3.8) is 0 Å². The summed E-state index contributed by atoms with van der Waals surface area (Å²) in [5.41, 5.74) is 5.33. The Labute approximate surface area is 154 Å². The van der Waals surface area contributed by atoms with Crippen LogP contribution in [0.1, 0.15) is 45.7 Å². The van der Waals surface area contributed by atoms with Crippen molar-refractivity contribution in [3.05, 3.63) is 76.6 Å². The Balaban J connectivity index is 1.73. The molecule has 0 spiro atoms. The largest absolute Gasteiger partial charge is 0.350 e. The third kappa shape index (κ3) is 3.82. The first-order valence-corrected chi connectivity index (χ1v) is 8.80. The lowest BCUT2D eigenvalue weighted by molar-refractivity contribution is 0.0945. The minimum atomic E-state index is -0.193. The van der Waals surface area contributed by atoms with Gasteiger partial charge in [0.25, 0.3) is 5.91 Å². The van der Waals surface area contributed by atoms with E-state index in [1.54, 1.807) is 4.80 Å². The molecule has 1 heterocycles. The van der Waals surface area contributed by atoms with Crippen LogP contribution in [0.15, 0.2) is 48.5 Å². The predicted octanol–water partition coefficient (Wildman–Crippen LogP) is 3.73. The summed E-state index contributed by atoms with van der Waals surface area (Å²) in [4.78, 5) is 14.1. The van der Waals surface area contributed by atoms with Gasteiger partial charge >= 0.3 is 0 Å². The minimum Gasteiger partial charge on any atom is -0.350 e. The summed E-state index contributed by atoms with van der Waals surface area (Å²) < 4.78 is 0. The van der Waals surface area contributed by atoms with Crippen LogP contribution in [0, 0.1) is 20.8 Å². The smallest absolute Gasteiger partial charge is 0.273 e. The molecule has 1 amide bonds. The standard InChI is InChI=1S/C21H24N4O/c1-14-10-11-19(15(2)12-14)25-23-17(4)20(24-25)21(26)22-13-16(3)18-8-6-5-7-9-18/h5-12,16H,13H2,1-4H3,(H,22,26)/t16-/m0/s1. The Morgan fingerprint density at radius 2 is 1.81 bits per heavy atom. The van der Waals surface area contributed by atoms with Gasteiger partial charge in [0.05, 0.1) is 11.4 Å². The number of aromatic nitrogens is 3. The van der Waals surface area contributed by atoms with Gasteiger partial charge in [0.15, 0.2) is 5.69 Å². The number of hydrogen-bond donors (Lipinski definition) is 1. The van der Waals surface area contributed by atoms with Gasteiger partial charge in [0, 0.05) is 6.54 Å². The lowest BCUT2D eigenvalue weighted by atomic mass is 10.0. The molecule has 134 valence electrons. The van der Waals surface area contributed by atoms with Crippen LogP contribution < -0.4 is 5.32 Å². The Bertz CT molecular complexity index is 915. The summed E-state index contributed by atoms with van der Waals surface area (Å²) in [6.07, 6.45) is 0. The number of nitrogens with one attached hydrogen (secondary N) is 1. The van der Waals surface area contributed by atoms with E-state index in [-0.39, 0.29) is 11.8 Å². The molecular weight excluding hydrogens is 324 g/mol. The maximum atomic E-state index is 12.6. The predicted molar refractivity (Wildman–Crippen MR) is 103 cm³/mol.